The van der Waals surface area contributed by atoms with E-state index >= 15 is 0 Å². The van der Waals surface area contributed by atoms with E-state index in [9.17, 15) is 9.59 Å². The monoisotopic (exact) mass is 377 g/mol. The molecule has 1 N–H and O–H groups in total. The van der Waals surface area contributed by atoms with Gasteiger partial charge >= 0.3 is 5.97 Å². The molecule has 3 aromatic carbocycles. The number of nitrogens with one attached hydrogen (secondary N) is 1. The molecule has 0 aromatic heterocycles. The summed E-state index contributed by atoms with van der Waals surface area (Å²) < 4.78 is 10.8. The third-order valence-corrected chi connectivity index (χ3v) is 4.32. The predicted octanol–water partition coefficient (Wildman–Crippen LogP) is 3.64. The molecule has 0 bridgehead atoms. The van der Waals surface area contributed by atoms with Crippen LogP contribution in [0, 0.1) is 0 Å². The Morgan fingerprint density at radius 2 is 1.61 bits per heavy atom. The lowest BCUT2D eigenvalue weighted by molar-refractivity contribution is -0.145. The Bertz CT molecular complexity index is 962. The van der Waals surface area contributed by atoms with Crippen LogP contribution in [0.4, 0.5) is 0 Å². The third-order valence-electron chi connectivity index (χ3n) is 4.32. The third kappa shape index (κ3) is 5.10. The van der Waals surface area contributed by atoms with Gasteiger partial charge in [0.15, 0.2) is 0 Å². The van der Waals surface area contributed by atoms with Crippen LogP contribution in [0.15, 0.2) is 66.7 Å². The number of esters is 1. The first kappa shape index (κ1) is 19.4. The summed E-state index contributed by atoms with van der Waals surface area (Å²) in [5.41, 5.74) is 1.72. The number of hydrogen-bond acceptors (Lipinski definition) is 4. The average Bonchev–Trinajstić information content (AvgIpc) is 2.72. The van der Waals surface area contributed by atoms with Gasteiger partial charge in [0.1, 0.15) is 18.9 Å². The van der Waals surface area contributed by atoms with Gasteiger partial charge in [-0.3, -0.25) is 9.59 Å². The van der Waals surface area contributed by atoms with Gasteiger partial charge in [0.25, 0.3) is 0 Å². The molecule has 28 heavy (non-hydrogen) atoms. The van der Waals surface area contributed by atoms with Crippen LogP contribution in [0.5, 0.6) is 5.75 Å². The van der Waals surface area contributed by atoms with Gasteiger partial charge in [-0.1, -0.05) is 60.7 Å². The van der Waals surface area contributed by atoms with Gasteiger partial charge in [0.05, 0.1) is 13.0 Å². The van der Waals surface area contributed by atoms with Crippen molar-refractivity contribution in [3.63, 3.8) is 0 Å². The van der Waals surface area contributed by atoms with E-state index in [0.717, 1.165) is 21.9 Å². The maximum atomic E-state index is 12.2. The minimum Gasteiger partial charge on any atom is -0.493 e. The van der Waals surface area contributed by atoms with E-state index in [-0.39, 0.29) is 25.5 Å². The Morgan fingerprint density at radius 1 is 0.893 bits per heavy atom. The summed E-state index contributed by atoms with van der Waals surface area (Å²) in [6.07, 6.45) is 0.210. The smallest absolute Gasteiger partial charge is 0.325 e. The summed E-state index contributed by atoms with van der Waals surface area (Å²) in [5.74, 6) is -0.0154. The average molecular weight is 377 g/mol. The summed E-state index contributed by atoms with van der Waals surface area (Å²) in [7, 11) is 0. The Hall–Kier alpha value is -3.34. The van der Waals surface area contributed by atoms with Crippen molar-refractivity contribution in [1.29, 1.82) is 0 Å². The van der Waals surface area contributed by atoms with E-state index in [0.29, 0.717) is 12.4 Å². The second-order valence-electron chi connectivity index (χ2n) is 6.29. The Balaban J connectivity index is 1.50. The van der Waals surface area contributed by atoms with E-state index in [1.165, 1.54) is 0 Å². The van der Waals surface area contributed by atoms with Crippen LogP contribution in [0.25, 0.3) is 10.8 Å². The molecule has 0 aliphatic carbocycles. The van der Waals surface area contributed by atoms with Gasteiger partial charge in [-0.25, -0.2) is 0 Å². The van der Waals surface area contributed by atoms with E-state index in [1.54, 1.807) is 0 Å². The van der Waals surface area contributed by atoms with Crippen LogP contribution in [0.3, 0.4) is 0 Å². The van der Waals surface area contributed by atoms with Crippen LogP contribution < -0.4 is 10.1 Å². The second kappa shape index (κ2) is 9.55. The molecule has 0 radical (unpaired) electrons. The fourth-order valence-corrected chi connectivity index (χ4v) is 2.98. The Labute approximate surface area is 164 Å². The molecule has 5 heteroatoms. The van der Waals surface area contributed by atoms with E-state index in [2.05, 4.69) is 5.32 Å². The zero-order chi connectivity index (χ0) is 19.8. The van der Waals surface area contributed by atoms with E-state index < -0.39 is 5.97 Å². The quantitative estimate of drug-likeness (QED) is 0.609. The highest BCUT2D eigenvalue weighted by atomic mass is 16.5. The lowest BCUT2D eigenvalue weighted by Crippen LogP contribution is -2.31. The lowest BCUT2D eigenvalue weighted by atomic mass is 10.0. The molecule has 1 amide bonds. The summed E-state index contributed by atoms with van der Waals surface area (Å²) in [6.45, 7) is 2.37. The first-order valence-electron chi connectivity index (χ1n) is 9.27. The predicted molar refractivity (Wildman–Crippen MR) is 108 cm³/mol. The first-order valence-corrected chi connectivity index (χ1v) is 9.27. The number of amides is 1. The van der Waals surface area contributed by atoms with Crippen molar-refractivity contribution in [3.05, 3.63) is 77.9 Å². The Kier molecular flexibility index (Phi) is 6.63. The van der Waals surface area contributed by atoms with Crippen molar-refractivity contribution in [3.8, 4) is 5.75 Å². The number of hydrogen-bond donors (Lipinski definition) is 1. The highest BCUT2D eigenvalue weighted by Gasteiger charge is 2.11. The van der Waals surface area contributed by atoms with Crippen molar-refractivity contribution >= 4 is 22.6 Å². The fourth-order valence-electron chi connectivity index (χ4n) is 2.98. The molecule has 0 saturated heterocycles. The van der Waals surface area contributed by atoms with Crippen molar-refractivity contribution in [2.45, 2.75) is 20.0 Å². The minimum atomic E-state index is -0.488. The molecule has 5 nitrogen and oxygen atoms in total. The fraction of sp³-hybridized carbons (Fsp3) is 0.217. The van der Waals surface area contributed by atoms with Gasteiger partial charge in [0.2, 0.25) is 5.91 Å². The van der Waals surface area contributed by atoms with Crippen molar-refractivity contribution in [2.24, 2.45) is 0 Å². The van der Waals surface area contributed by atoms with Crippen molar-refractivity contribution in [1.82, 2.24) is 5.32 Å². The number of ether oxygens (including phenoxy) is 2. The zero-order valence-corrected chi connectivity index (χ0v) is 15.8. The number of para-hydroxylation sites is 1. The summed E-state index contributed by atoms with van der Waals surface area (Å²) in [6, 6.07) is 21.2. The van der Waals surface area contributed by atoms with Gasteiger partial charge in [-0.05, 0) is 29.3 Å². The molecule has 0 unspecified atom stereocenters. The van der Waals surface area contributed by atoms with Crippen LogP contribution in [-0.2, 0) is 27.4 Å². The molecule has 0 aliphatic rings. The topological polar surface area (TPSA) is 64.6 Å². The maximum absolute atomic E-state index is 12.2. The summed E-state index contributed by atoms with van der Waals surface area (Å²) in [5, 5.41) is 4.75. The minimum absolute atomic E-state index is 0.105. The van der Waals surface area contributed by atoms with Gasteiger partial charge in [-0.15, -0.1) is 0 Å². The normalized spacial score (nSPS) is 10.5. The highest BCUT2D eigenvalue weighted by molar-refractivity contribution is 5.91. The Morgan fingerprint density at radius 3 is 2.46 bits per heavy atom. The molecule has 0 fully saturated rings. The zero-order valence-electron chi connectivity index (χ0n) is 15.8. The molecule has 0 spiro atoms. The molecule has 0 atom stereocenters. The SMILES string of the molecule is CCOc1ccccc1COC(=O)CNC(=O)Cc1cccc2ccccc12. The lowest BCUT2D eigenvalue weighted by Gasteiger charge is -2.11. The van der Waals surface area contributed by atoms with Crippen LogP contribution >= 0.6 is 0 Å². The van der Waals surface area contributed by atoms with Gasteiger partial charge in [-0.2, -0.15) is 0 Å². The molecule has 0 heterocycles. The number of carbonyl (C=O) groups excluding carboxylic acids is 2. The number of rotatable bonds is 8. The van der Waals surface area contributed by atoms with Crippen molar-refractivity contribution < 1.29 is 19.1 Å². The summed E-state index contributed by atoms with van der Waals surface area (Å²) in [4.78, 5) is 24.2. The maximum Gasteiger partial charge on any atom is 0.325 e. The summed E-state index contributed by atoms with van der Waals surface area (Å²) >= 11 is 0. The van der Waals surface area contributed by atoms with Gasteiger partial charge < -0.3 is 14.8 Å². The molecule has 0 saturated carbocycles. The van der Waals surface area contributed by atoms with Crippen LogP contribution in [0.2, 0.25) is 0 Å². The molecule has 3 rings (SSSR count). The van der Waals surface area contributed by atoms with Gasteiger partial charge in [0, 0.05) is 5.56 Å². The number of fused-ring (bicyclic) bond motifs is 1. The molecular formula is C23H23NO4. The van der Waals surface area contributed by atoms with E-state index in [4.69, 9.17) is 9.47 Å². The number of carbonyl (C=O) groups is 2. The molecular weight excluding hydrogens is 354 g/mol. The standard InChI is InChI=1S/C23H23NO4/c1-2-27-21-13-6-4-9-19(21)16-28-23(26)15-24-22(25)14-18-11-7-10-17-8-3-5-12-20(17)18/h3-13H,2,14-16H2,1H3,(H,24,25). The largest absolute Gasteiger partial charge is 0.493 e. The second-order valence-corrected chi connectivity index (χ2v) is 6.29. The molecule has 144 valence electrons. The van der Waals surface area contributed by atoms with Crippen LogP contribution in [-0.4, -0.2) is 25.0 Å². The van der Waals surface area contributed by atoms with Crippen molar-refractivity contribution in [2.75, 3.05) is 13.2 Å². The van der Waals surface area contributed by atoms with Crippen LogP contribution in [0.1, 0.15) is 18.1 Å². The molecule has 0 aliphatic heterocycles. The number of benzene rings is 3. The molecule has 3 aromatic rings. The van der Waals surface area contributed by atoms with E-state index in [1.807, 2.05) is 73.7 Å². The first-order chi connectivity index (χ1) is 13.7. The highest BCUT2D eigenvalue weighted by Crippen LogP contribution is 2.19.